The van der Waals surface area contributed by atoms with Gasteiger partial charge in [-0.1, -0.05) is 12.1 Å². The molecule has 3 rings (SSSR count). The lowest BCUT2D eigenvalue weighted by Crippen LogP contribution is -2.50. The summed E-state index contributed by atoms with van der Waals surface area (Å²) < 4.78 is 0. The number of hydrogen-bond acceptors (Lipinski definition) is 11. The molecule has 3 heterocycles. The highest BCUT2D eigenvalue weighted by Crippen LogP contribution is 2.05. The molecule has 1 aliphatic rings. The minimum Gasteiger partial charge on any atom is -0.480 e. The van der Waals surface area contributed by atoms with Gasteiger partial charge in [-0.25, -0.2) is 0 Å². The van der Waals surface area contributed by atoms with Crippen LogP contribution in [0.15, 0.2) is 48.8 Å². The van der Waals surface area contributed by atoms with E-state index in [9.17, 15) is 29.4 Å². The van der Waals surface area contributed by atoms with Gasteiger partial charge in [0.25, 0.3) is 0 Å². The maximum Gasteiger partial charge on any atom is 0.317 e. The summed E-state index contributed by atoms with van der Waals surface area (Å²) in [5.74, 6) is -2.05. The Hall–Kier alpha value is -3.82. The first-order chi connectivity index (χ1) is 22.2. The number of amides is 1. The molecular formula is C32H48N8O6. The van der Waals surface area contributed by atoms with Gasteiger partial charge in [0.05, 0.1) is 31.9 Å². The Labute approximate surface area is 271 Å². The number of Topliss-reactive ketones (excluding diaryl/α,β-unsaturated/α-hetero) is 1. The highest BCUT2D eigenvalue weighted by molar-refractivity contribution is 5.78. The number of nitrogens with one attached hydrogen (secondary N) is 1. The molecule has 1 saturated heterocycles. The molecule has 14 nitrogen and oxygen atoms in total. The average molecular weight is 641 g/mol. The molecule has 0 unspecified atom stereocenters. The Kier molecular flexibility index (Phi) is 16.2. The van der Waals surface area contributed by atoms with Crippen LogP contribution >= 0.6 is 0 Å². The molecule has 252 valence electrons. The summed E-state index contributed by atoms with van der Waals surface area (Å²) in [5, 5.41) is 22.0. The zero-order valence-corrected chi connectivity index (χ0v) is 26.8. The van der Waals surface area contributed by atoms with Crippen LogP contribution in [0.3, 0.4) is 0 Å². The highest BCUT2D eigenvalue weighted by Gasteiger charge is 2.21. The van der Waals surface area contributed by atoms with E-state index in [1.165, 1.54) is 6.92 Å². The van der Waals surface area contributed by atoms with Gasteiger partial charge < -0.3 is 15.5 Å². The molecule has 0 spiro atoms. The number of pyridine rings is 2. The van der Waals surface area contributed by atoms with Gasteiger partial charge in [0.15, 0.2) is 0 Å². The molecule has 0 aromatic carbocycles. The number of ketones is 1. The molecule has 0 bridgehead atoms. The number of rotatable bonds is 16. The molecule has 14 heteroatoms. The first kappa shape index (κ1) is 36.6. The molecule has 46 heavy (non-hydrogen) atoms. The molecule has 3 N–H and O–H groups in total. The summed E-state index contributed by atoms with van der Waals surface area (Å²) in [5.41, 5.74) is 1.93. The van der Waals surface area contributed by atoms with Gasteiger partial charge in [-0.15, -0.1) is 0 Å². The molecule has 2 aromatic heterocycles. The minimum absolute atomic E-state index is 0.00749. The topological polar surface area (TPSA) is 163 Å². The predicted molar refractivity (Wildman–Crippen MR) is 172 cm³/mol. The average Bonchev–Trinajstić information content (AvgIpc) is 3.01. The Morgan fingerprint density at radius 3 is 1.63 bits per heavy atom. The quantitative estimate of drug-likeness (QED) is 0.218. The van der Waals surface area contributed by atoms with E-state index in [4.69, 9.17) is 0 Å². The lowest BCUT2D eigenvalue weighted by Gasteiger charge is -2.33. The molecule has 1 aliphatic heterocycles. The normalized spacial score (nSPS) is 16.4. The van der Waals surface area contributed by atoms with Crippen molar-refractivity contribution in [2.75, 3.05) is 98.2 Å². The van der Waals surface area contributed by atoms with Crippen molar-refractivity contribution in [1.82, 2.24) is 39.8 Å². The van der Waals surface area contributed by atoms with Crippen molar-refractivity contribution in [3.63, 3.8) is 0 Å². The van der Waals surface area contributed by atoms with E-state index < -0.39 is 11.9 Å². The number of nitrogens with zero attached hydrogens (tertiary/aromatic N) is 7. The fourth-order valence-electron chi connectivity index (χ4n) is 5.33. The Bertz CT molecular complexity index is 1190. The zero-order valence-electron chi connectivity index (χ0n) is 26.8. The van der Waals surface area contributed by atoms with Crippen LogP contribution in [0.4, 0.5) is 0 Å². The second-order valence-electron chi connectivity index (χ2n) is 11.6. The highest BCUT2D eigenvalue weighted by atomic mass is 16.4. The minimum atomic E-state index is -0.944. The Morgan fingerprint density at radius 1 is 0.696 bits per heavy atom. The maximum absolute atomic E-state index is 13.1. The monoisotopic (exact) mass is 640 g/mol. The van der Waals surface area contributed by atoms with Crippen molar-refractivity contribution in [2.24, 2.45) is 0 Å². The van der Waals surface area contributed by atoms with E-state index in [1.807, 2.05) is 56.0 Å². The second kappa shape index (κ2) is 20.3. The van der Waals surface area contributed by atoms with Crippen molar-refractivity contribution >= 4 is 23.6 Å². The van der Waals surface area contributed by atoms with Gasteiger partial charge in [-0.3, -0.25) is 53.6 Å². The summed E-state index contributed by atoms with van der Waals surface area (Å²) in [6.45, 7) is 7.48. The van der Waals surface area contributed by atoms with Crippen LogP contribution in [0.1, 0.15) is 18.3 Å². The van der Waals surface area contributed by atoms with Crippen LogP contribution in [0.2, 0.25) is 0 Å². The van der Waals surface area contributed by atoms with Crippen LogP contribution in [-0.4, -0.2) is 166 Å². The summed E-state index contributed by atoms with van der Waals surface area (Å²) >= 11 is 0. The van der Waals surface area contributed by atoms with Gasteiger partial charge >= 0.3 is 11.9 Å². The van der Waals surface area contributed by atoms with Gasteiger partial charge in [-0.05, 0) is 31.2 Å². The summed E-state index contributed by atoms with van der Waals surface area (Å²) in [6.07, 6.45) is 4.31. The van der Waals surface area contributed by atoms with Crippen LogP contribution in [0.25, 0.3) is 0 Å². The molecule has 0 aliphatic carbocycles. The molecule has 2 aromatic rings. The first-order valence-electron chi connectivity index (χ1n) is 15.8. The second-order valence-corrected chi connectivity index (χ2v) is 11.6. The van der Waals surface area contributed by atoms with Crippen molar-refractivity contribution in [2.45, 2.75) is 19.9 Å². The standard InChI is InChI=1S/C32H48N8O6/c1-27(41)22-37-14-18-39(25-31(43)44)20-16-38(17-21-40(19-15-37)26-32(45)46)24-30(42)35-11-13-36(23-29-7-3-5-10-34-29)12-8-28-6-2-4-9-33-28/h2-7,9-10H,8,11-26H2,1H3,(H,35,42)(H,43,44)(H,45,46). The molecular weight excluding hydrogens is 592 g/mol. The number of carboxylic acid groups (broad SMARTS) is 2. The number of carbonyl (C=O) groups excluding carboxylic acids is 2. The van der Waals surface area contributed by atoms with Gasteiger partial charge in [-0.2, -0.15) is 0 Å². The zero-order chi connectivity index (χ0) is 33.1. The van der Waals surface area contributed by atoms with Crippen molar-refractivity contribution in [1.29, 1.82) is 0 Å². The van der Waals surface area contributed by atoms with Gasteiger partial charge in [0, 0.05) is 103 Å². The number of carboxylic acids is 2. The number of hydrogen-bond donors (Lipinski definition) is 3. The van der Waals surface area contributed by atoms with Crippen LogP contribution in [0.5, 0.6) is 0 Å². The first-order valence-corrected chi connectivity index (χ1v) is 15.8. The lowest BCUT2D eigenvalue weighted by molar-refractivity contribution is -0.139. The number of aliphatic carboxylic acids is 2. The fourth-order valence-corrected chi connectivity index (χ4v) is 5.33. The van der Waals surface area contributed by atoms with Crippen molar-refractivity contribution in [3.8, 4) is 0 Å². The third-order valence-electron chi connectivity index (χ3n) is 7.73. The Balaban J connectivity index is 1.60. The molecule has 0 atom stereocenters. The third kappa shape index (κ3) is 15.5. The number of carbonyl (C=O) groups is 4. The van der Waals surface area contributed by atoms with E-state index in [2.05, 4.69) is 20.2 Å². The lowest BCUT2D eigenvalue weighted by atomic mass is 10.2. The van der Waals surface area contributed by atoms with E-state index in [-0.39, 0.29) is 37.9 Å². The molecule has 0 saturated carbocycles. The summed E-state index contributed by atoms with van der Waals surface area (Å²) in [4.78, 5) is 66.7. The van der Waals surface area contributed by atoms with Gasteiger partial charge in [0.2, 0.25) is 5.91 Å². The van der Waals surface area contributed by atoms with Crippen LogP contribution in [-0.2, 0) is 32.1 Å². The van der Waals surface area contributed by atoms with E-state index in [1.54, 1.807) is 12.4 Å². The van der Waals surface area contributed by atoms with E-state index in [0.29, 0.717) is 72.0 Å². The predicted octanol–water partition coefficient (Wildman–Crippen LogP) is -0.383. The van der Waals surface area contributed by atoms with E-state index in [0.717, 1.165) is 24.4 Å². The van der Waals surface area contributed by atoms with Crippen LogP contribution < -0.4 is 5.32 Å². The molecule has 1 fully saturated rings. The fraction of sp³-hybridized carbons (Fsp3) is 0.562. The summed E-state index contributed by atoms with van der Waals surface area (Å²) in [6, 6.07) is 11.7. The van der Waals surface area contributed by atoms with Crippen molar-refractivity contribution in [3.05, 3.63) is 60.2 Å². The summed E-state index contributed by atoms with van der Waals surface area (Å²) in [7, 11) is 0. The van der Waals surface area contributed by atoms with E-state index >= 15 is 0 Å². The maximum atomic E-state index is 13.1. The van der Waals surface area contributed by atoms with Crippen LogP contribution in [0, 0.1) is 0 Å². The smallest absolute Gasteiger partial charge is 0.317 e. The SMILES string of the molecule is CC(=O)CN1CCN(CC(=O)O)CCN(CC(=O)NCCN(CCc2ccccn2)Cc2ccccn2)CCN(CC(=O)O)CC1. The Morgan fingerprint density at radius 2 is 1.17 bits per heavy atom. The van der Waals surface area contributed by atoms with Gasteiger partial charge in [0.1, 0.15) is 5.78 Å². The van der Waals surface area contributed by atoms with Crippen molar-refractivity contribution < 1.29 is 29.4 Å². The molecule has 0 radical (unpaired) electrons. The largest absolute Gasteiger partial charge is 0.480 e. The third-order valence-corrected chi connectivity index (χ3v) is 7.73. The molecule has 1 amide bonds. The number of aromatic nitrogens is 2.